The average Bonchev–Trinajstić information content (AvgIpc) is 2.98. The maximum Gasteiger partial charge on any atom is 0.264 e. The number of para-hydroxylation sites is 3. The number of carbonyl (C=O) groups is 1. The van der Waals surface area contributed by atoms with Crippen LogP contribution in [0, 0.1) is 6.92 Å². The lowest BCUT2D eigenvalue weighted by Crippen LogP contribution is -2.38. The van der Waals surface area contributed by atoms with E-state index in [1.807, 2.05) is 12.3 Å². The van der Waals surface area contributed by atoms with Gasteiger partial charge in [0, 0.05) is 10.6 Å². The predicted molar refractivity (Wildman–Crippen MR) is 167 cm³/mol. The lowest BCUT2D eigenvalue weighted by atomic mass is 10.2. The first kappa shape index (κ1) is 30.9. The molecular weight excluding hydrogens is 595 g/mol. The first-order valence-electron chi connectivity index (χ1n) is 12.9. The molecule has 0 fully saturated rings. The van der Waals surface area contributed by atoms with Gasteiger partial charge in [-0.15, -0.1) is 11.8 Å². The fourth-order valence-corrected chi connectivity index (χ4v) is 7.03. The molecule has 0 aliphatic heterocycles. The maximum absolute atomic E-state index is 13.8. The number of aryl methyl sites for hydroxylation is 1. The van der Waals surface area contributed by atoms with Crippen LogP contribution in [0.2, 0.25) is 0 Å². The van der Waals surface area contributed by atoms with Crippen LogP contribution in [0.3, 0.4) is 0 Å². The Morgan fingerprint density at radius 3 is 2.10 bits per heavy atom. The van der Waals surface area contributed by atoms with E-state index in [4.69, 9.17) is 4.74 Å². The second-order valence-corrected chi connectivity index (χ2v) is 13.5. The molecule has 0 spiro atoms. The molecule has 1 amide bonds. The van der Waals surface area contributed by atoms with Crippen molar-refractivity contribution in [2.45, 2.75) is 28.5 Å². The molecule has 42 heavy (non-hydrogen) atoms. The molecule has 4 aromatic rings. The van der Waals surface area contributed by atoms with E-state index in [9.17, 15) is 21.6 Å². The van der Waals surface area contributed by atoms with Crippen molar-refractivity contribution in [3.05, 3.63) is 103 Å². The molecule has 0 aromatic heterocycles. The first-order chi connectivity index (χ1) is 20.0. The molecule has 220 valence electrons. The van der Waals surface area contributed by atoms with Crippen LogP contribution in [0.15, 0.2) is 112 Å². The van der Waals surface area contributed by atoms with Crippen molar-refractivity contribution in [2.24, 2.45) is 0 Å². The van der Waals surface area contributed by atoms with E-state index < -0.39 is 32.5 Å². The van der Waals surface area contributed by atoms with E-state index in [0.717, 1.165) is 14.8 Å². The molecule has 9 nitrogen and oxygen atoms in total. The van der Waals surface area contributed by atoms with E-state index in [0.29, 0.717) is 23.7 Å². The number of nitrogens with zero attached hydrogens (tertiary/aromatic N) is 1. The number of ether oxygens (including phenoxy) is 1. The Bertz CT molecular complexity index is 1760. The van der Waals surface area contributed by atoms with Gasteiger partial charge in [-0.1, -0.05) is 30.3 Å². The quantitative estimate of drug-likeness (QED) is 0.192. The number of benzene rings is 4. The Labute approximate surface area is 251 Å². The number of rotatable bonds is 12. The van der Waals surface area contributed by atoms with Crippen molar-refractivity contribution < 1.29 is 26.4 Å². The summed E-state index contributed by atoms with van der Waals surface area (Å²) < 4.78 is 62.6. The molecule has 0 unspecified atom stereocenters. The zero-order chi connectivity index (χ0) is 30.3. The van der Waals surface area contributed by atoms with Gasteiger partial charge < -0.3 is 10.1 Å². The summed E-state index contributed by atoms with van der Waals surface area (Å²) in [4.78, 5) is 14.1. The SMILES string of the molecule is CCOc1ccccc1N(CC(=O)Nc1ccc(S(=O)(=O)Nc2ccccc2C)cc1)S(=O)(=O)c1ccc(SC)cc1. The molecule has 0 aliphatic rings. The van der Waals surface area contributed by atoms with Crippen LogP contribution in [0.5, 0.6) is 5.75 Å². The molecule has 0 radical (unpaired) electrons. The Morgan fingerprint density at radius 1 is 0.833 bits per heavy atom. The monoisotopic (exact) mass is 625 g/mol. The van der Waals surface area contributed by atoms with Crippen molar-refractivity contribution >= 4 is 54.8 Å². The molecule has 2 N–H and O–H groups in total. The average molecular weight is 626 g/mol. The smallest absolute Gasteiger partial charge is 0.264 e. The fraction of sp³-hybridized carbons (Fsp3) is 0.167. The molecule has 0 saturated heterocycles. The summed E-state index contributed by atoms with van der Waals surface area (Å²) in [5.74, 6) is -0.313. The standard InChI is InChI=1S/C30H31N3O6S3/c1-4-39-29-12-8-7-11-28(29)33(42(37,38)26-19-15-24(40-3)16-20-26)21-30(34)31-23-13-17-25(18-14-23)41(35,36)32-27-10-6-5-9-22(27)2/h5-20,32H,4,21H2,1-3H3,(H,31,34). The van der Waals surface area contributed by atoms with Crippen molar-refractivity contribution in [1.82, 2.24) is 0 Å². The number of nitrogens with one attached hydrogen (secondary N) is 2. The number of carbonyl (C=O) groups excluding carboxylic acids is 1. The summed E-state index contributed by atoms with van der Waals surface area (Å²) in [7, 11) is -8.04. The highest BCUT2D eigenvalue weighted by Crippen LogP contribution is 2.33. The Kier molecular flexibility index (Phi) is 9.81. The van der Waals surface area contributed by atoms with Crippen LogP contribution >= 0.6 is 11.8 Å². The van der Waals surface area contributed by atoms with Gasteiger partial charge in [-0.3, -0.25) is 13.8 Å². The summed E-state index contributed by atoms with van der Waals surface area (Å²) in [5.41, 5.74) is 1.75. The lowest BCUT2D eigenvalue weighted by molar-refractivity contribution is -0.114. The van der Waals surface area contributed by atoms with Gasteiger partial charge in [0.25, 0.3) is 20.0 Å². The van der Waals surface area contributed by atoms with Crippen LogP contribution in [0.25, 0.3) is 0 Å². The fourth-order valence-electron chi connectivity index (χ4n) is 4.05. The van der Waals surface area contributed by atoms with Gasteiger partial charge in [0.1, 0.15) is 12.3 Å². The van der Waals surface area contributed by atoms with E-state index >= 15 is 0 Å². The van der Waals surface area contributed by atoms with Crippen LogP contribution in [-0.4, -0.2) is 42.2 Å². The van der Waals surface area contributed by atoms with E-state index in [2.05, 4.69) is 10.0 Å². The number of sulfonamides is 2. The van der Waals surface area contributed by atoms with Crippen LogP contribution < -0.4 is 19.1 Å². The number of thioether (sulfide) groups is 1. The topological polar surface area (TPSA) is 122 Å². The first-order valence-corrected chi connectivity index (χ1v) is 17.1. The Morgan fingerprint density at radius 2 is 1.45 bits per heavy atom. The van der Waals surface area contributed by atoms with Gasteiger partial charge in [-0.2, -0.15) is 0 Å². The van der Waals surface area contributed by atoms with Gasteiger partial charge >= 0.3 is 0 Å². The minimum absolute atomic E-state index is 0.00675. The molecule has 4 aromatic carbocycles. The molecular formula is C30H31N3O6S3. The second-order valence-electron chi connectivity index (χ2n) is 9.08. The minimum atomic E-state index is -4.17. The third kappa shape index (κ3) is 7.25. The third-order valence-corrected chi connectivity index (χ3v) is 10.1. The van der Waals surface area contributed by atoms with Gasteiger partial charge in [0.2, 0.25) is 5.91 Å². The molecule has 0 atom stereocenters. The highest BCUT2D eigenvalue weighted by molar-refractivity contribution is 7.98. The van der Waals surface area contributed by atoms with Gasteiger partial charge in [0.15, 0.2) is 0 Å². The molecule has 0 aliphatic carbocycles. The van der Waals surface area contributed by atoms with Crippen molar-refractivity contribution in [2.75, 3.05) is 33.8 Å². The third-order valence-electron chi connectivity index (χ3n) is 6.21. The van der Waals surface area contributed by atoms with Gasteiger partial charge in [0.05, 0.1) is 27.8 Å². The van der Waals surface area contributed by atoms with Crippen molar-refractivity contribution in [3.8, 4) is 5.75 Å². The number of hydrogen-bond donors (Lipinski definition) is 2. The Hall–Kier alpha value is -4.00. The predicted octanol–water partition coefficient (Wildman–Crippen LogP) is 5.75. The number of hydrogen-bond acceptors (Lipinski definition) is 7. The highest BCUT2D eigenvalue weighted by atomic mass is 32.2. The Balaban J connectivity index is 1.58. The number of anilines is 3. The zero-order valence-electron chi connectivity index (χ0n) is 23.3. The highest BCUT2D eigenvalue weighted by Gasteiger charge is 2.29. The van der Waals surface area contributed by atoms with Gasteiger partial charge in [-0.05, 0) is 92.4 Å². The van der Waals surface area contributed by atoms with E-state index in [1.54, 1.807) is 68.4 Å². The molecule has 0 bridgehead atoms. The molecule has 12 heteroatoms. The second kappa shape index (κ2) is 13.3. The number of amides is 1. The van der Waals surface area contributed by atoms with Crippen LogP contribution in [-0.2, 0) is 24.8 Å². The molecule has 4 rings (SSSR count). The summed E-state index contributed by atoms with van der Waals surface area (Å²) in [6, 6.07) is 25.6. The van der Waals surface area contributed by atoms with Crippen LogP contribution in [0.1, 0.15) is 12.5 Å². The summed E-state index contributed by atoms with van der Waals surface area (Å²) in [6.07, 6.45) is 1.89. The summed E-state index contributed by atoms with van der Waals surface area (Å²) >= 11 is 1.48. The van der Waals surface area contributed by atoms with E-state index in [-0.39, 0.29) is 15.5 Å². The lowest BCUT2D eigenvalue weighted by Gasteiger charge is -2.26. The summed E-state index contributed by atoms with van der Waals surface area (Å²) in [5, 5.41) is 2.67. The maximum atomic E-state index is 13.8. The van der Waals surface area contributed by atoms with E-state index in [1.165, 1.54) is 48.2 Å². The normalized spacial score (nSPS) is 11.5. The van der Waals surface area contributed by atoms with Gasteiger partial charge in [-0.25, -0.2) is 16.8 Å². The van der Waals surface area contributed by atoms with Crippen molar-refractivity contribution in [1.29, 1.82) is 0 Å². The molecule has 0 saturated carbocycles. The van der Waals surface area contributed by atoms with Crippen LogP contribution in [0.4, 0.5) is 17.1 Å². The van der Waals surface area contributed by atoms with Crippen molar-refractivity contribution in [3.63, 3.8) is 0 Å². The largest absolute Gasteiger partial charge is 0.492 e. The zero-order valence-corrected chi connectivity index (χ0v) is 25.7. The summed E-state index contributed by atoms with van der Waals surface area (Å²) in [6.45, 7) is 3.33. The molecule has 0 heterocycles. The minimum Gasteiger partial charge on any atom is -0.492 e.